The Kier molecular flexibility index (Phi) is 6.68. The molecule has 3 aromatic heterocycles. The van der Waals surface area contributed by atoms with E-state index in [-0.39, 0.29) is 17.5 Å². The van der Waals surface area contributed by atoms with Crippen LogP contribution in [0.4, 0.5) is 4.39 Å². The number of nitrogens with one attached hydrogen (secondary N) is 1. The van der Waals surface area contributed by atoms with Crippen molar-refractivity contribution in [1.29, 1.82) is 0 Å². The van der Waals surface area contributed by atoms with Crippen molar-refractivity contribution in [3.8, 4) is 11.3 Å². The second kappa shape index (κ2) is 9.91. The minimum atomic E-state index is -0.479. The number of H-pyrrole nitrogens is 1. The Morgan fingerprint density at radius 2 is 1.94 bits per heavy atom. The van der Waals surface area contributed by atoms with Crippen LogP contribution in [-0.4, -0.2) is 79.6 Å². The summed E-state index contributed by atoms with van der Waals surface area (Å²) in [5.74, 6) is 0.238. The van der Waals surface area contributed by atoms with Gasteiger partial charge in [-0.25, -0.2) is 14.4 Å². The van der Waals surface area contributed by atoms with Crippen LogP contribution in [0.5, 0.6) is 0 Å². The molecule has 0 unspecified atom stereocenters. The van der Waals surface area contributed by atoms with Gasteiger partial charge in [0.1, 0.15) is 11.5 Å². The normalized spacial score (nSPS) is 16.0. The fraction of sp³-hybridized carbons (Fsp3) is 0.407. The Hall–Kier alpha value is -3.43. The van der Waals surface area contributed by atoms with Gasteiger partial charge in [-0.3, -0.25) is 14.4 Å². The maximum Gasteiger partial charge on any atom is 0.167 e. The number of hydrogen-bond acceptors (Lipinski definition) is 6. The van der Waals surface area contributed by atoms with E-state index in [2.05, 4.69) is 36.9 Å². The Morgan fingerprint density at radius 3 is 2.67 bits per heavy atom. The fourth-order valence-corrected chi connectivity index (χ4v) is 4.98. The molecule has 1 fully saturated rings. The van der Waals surface area contributed by atoms with Gasteiger partial charge in [0.25, 0.3) is 0 Å². The Morgan fingerprint density at radius 1 is 1.17 bits per heavy atom. The van der Waals surface area contributed by atoms with Crippen LogP contribution >= 0.6 is 0 Å². The molecule has 1 aliphatic rings. The third kappa shape index (κ3) is 4.81. The SMILES string of the molecule is Cc1nn(C)cc1Cc1ncc(F)c(-c2c[nH]c3c(CC(=O)[C@@H](C)N4CCN(C)CC4)cccc23)n1. The van der Waals surface area contributed by atoms with E-state index in [0.29, 0.717) is 24.2 Å². The topological polar surface area (TPSA) is 82.9 Å². The summed E-state index contributed by atoms with van der Waals surface area (Å²) in [5.41, 5.74) is 4.57. The number of carbonyl (C=O) groups excluding carboxylic acids is 1. The summed E-state index contributed by atoms with van der Waals surface area (Å²) in [6.07, 6.45) is 5.72. The number of rotatable bonds is 7. The van der Waals surface area contributed by atoms with Gasteiger partial charge in [-0.2, -0.15) is 5.10 Å². The summed E-state index contributed by atoms with van der Waals surface area (Å²) in [7, 11) is 3.98. The molecule has 1 N–H and O–H groups in total. The number of nitrogens with zero attached hydrogens (tertiary/aromatic N) is 6. The maximum absolute atomic E-state index is 14.9. The zero-order valence-corrected chi connectivity index (χ0v) is 21.3. The number of aryl methyl sites for hydroxylation is 2. The molecule has 188 valence electrons. The molecule has 4 heterocycles. The molecule has 0 aliphatic carbocycles. The standard InChI is InChI=1S/C27H32FN7O/c1-17-20(16-34(4)32-17)13-25-29-15-23(28)27(31-25)22-14-30-26-19(6-5-7-21(22)26)12-24(36)18(2)35-10-8-33(3)9-11-35/h5-7,14-16,18,30H,8-13H2,1-4H3/t18-/m1/s1. The summed E-state index contributed by atoms with van der Waals surface area (Å²) in [4.78, 5) is 29.8. The average Bonchev–Trinajstić information content (AvgIpc) is 3.43. The van der Waals surface area contributed by atoms with Crippen molar-refractivity contribution in [3.63, 3.8) is 0 Å². The number of likely N-dealkylation sites (N-methyl/N-ethyl adjacent to an activating group) is 1. The third-order valence-electron chi connectivity index (χ3n) is 7.23. The van der Waals surface area contributed by atoms with Gasteiger partial charge in [-0.05, 0) is 26.5 Å². The second-order valence-corrected chi connectivity index (χ2v) is 9.77. The van der Waals surface area contributed by atoms with Gasteiger partial charge in [-0.15, -0.1) is 0 Å². The van der Waals surface area contributed by atoms with E-state index in [1.165, 1.54) is 6.20 Å². The molecule has 4 aromatic rings. The molecular weight excluding hydrogens is 457 g/mol. The number of ketones is 1. The van der Waals surface area contributed by atoms with Crippen LogP contribution in [0.25, 0.3) is 22.2 Å². The minimum Gasteiger partial charge on any atom is -0.360 e. The van der Waals surface area contributed by atoms with Crippen LogP contribution in [-0.2, 0) is 24.7 Å². The highest BCUT2D eigenvalue weighted by Gasteiger charge is 2.25. The van der Waals surface area contributed by atoms with E-state index in [1.807, 2.05) is 45.3 Å². The van der Waals surface area contributed by atoms with Gasteiger partial charge in [0, 0.05) is 80.5 Å². The van der Waals surface area contributed by atoms with E-state index in [4.69, 9.17) is 0 Å². The van der Waals surface area contributed by atoms with Crippen LogP contribution in [0, 0.1) is 12.7 Å². The number of fused-ring (bicyclic) bond motifs is 1. The molecule has 1 saturated heterocycles. The van der Waals surface area contributed by atoms with E-state index < -0.39 is 5.82 Å². The van der Waals surface area contributed by atoms with Crippen molar-refractivity contribution in [2.75, 3.05) is 33.2 Å². The lowest BCUT2D eigenvalue weighted by atomic mass is 9.99. The molecule has 0 bridgehead atoms. The van der Waals surface area contributed by atoms with E-state index in [9.17, 15) is 9.18 Å². The fourth-order valence-electron chi connectivity index (χ4n) is 4.98. The number of aromatic nitrogens is 5. The molecule has 5 rings (SSSR count). The third-order valence-corrected chi connectivity index (χ3v) is 7.23. The number of hydrogen-bond donors (Lipinski definition) is 1. The first-order valence-electron chi connectivity index (χ1n) is 12.4. The number of benzene rings is 1. The summed E-state index contributed by atoms with van der Waals surface area (Å²) in [6, 6.07) is 5.68. The lowest BCUT2D eigenvalue weighted by Crippen LogP contribution is -2.50. The lowest BCUT2D eigenvalue weighted by Gasteiger charge is -2.35. The molecular formula is C27H32FN7O. The van der Waals surface area contributed by atoms with Gasteiger partial charge in [0.2, 0.25) is 0 Å². The van der Waals surface area contributed by atoms with Crippen molar-refractivity contribution in [1.82, 2.24) is 34.5 Å². The molecule has 1 atom stereocenters. The number of piperazine rings is 1. The maximum atomic E-state index is 14.9. The summed E-state index contributed by atoms with van der Waals surface area (Å²) < 4.78 is 16.7. The first-order chi connectivity index (χ1) is 17.3. The van der Waals surface area contributed by atoms with Crippen molar-refractivity contribution >= 4 is 16.7 Å². The number of halogens is 1. The van der Waals surface area contributed by atoms with Crippen molar-refractivity contribution in [2.45, 2.75) is 32.7 Å². The molecule has 8 nitrogen and oxygen atoms in total. The van der Waals surface area contributed by atoms with Crippen LogP contribution in [0.15, 0.2) is 36.8 Å². The molecule has 0 spiro atoms. The number of Topliss-reactive ketones (excluding diaryl/α,β-unsaturated/α-hetero) is 1. The van der Waals surface area contributed by atoms with Crippen LogP contribution < -0.4 is 0 Å². The predicted molar refractivity (Wildman–Crippen MR) is 137 cm³/mol. The molecule has 1 aromatic carbocycles. The van der Waals surface area contributed by atoms with Gasteiger partial charge in [0.15, 0.2) is 11.6 Å². The molecule has 0 amide bonds. The summed E-state index contributed by atoms with van der Waals surface area (Å²) in [6.45, 7) is 7.67. The van der Waals surface area contributed by atoms with E-state index in [0.717, 1.165) is 53.9 Å². The predicted octanol–water partition coefficient (Wildman–Crippen LogP) is 3.14. The van der Waals surface area contributed by atoms with E-state index in [1.54, 1.807) is 10.9 Å². The van der Waals surface area contributed by atoms with Crippen molar-refractivity contribution < 1.29 is 9.18 Å². The monoisotopic (exact) mass is 489 g/mol. The van der Waals surface area contributed by atoms with Gasteiger partial charge < -0.3 is 9.88 Å². The largest absolute Gasteiger partial charge is 0.360 e. The zero-order valence-electron chi connectivity index (χ0n) is 21.3. The highest BCUT2D eigenvalue weighted by atomic mass is 19.1. The van der Waals surface area contributed by atoms with Gasteiger partial charge >= 0.3 is 0 Å². The summed E-state index contributed by atoms with van der Waals surface area (Å²) in [5, 5.41) is 5.21. The van der Waals surface area contributed by atoms with Gasteiger partial charge in [0.05, 0.1) is 17.9 Å². The second-order valence-electron chi connectivity index (χ2n) is 9.77. The molecule has 1 aliphatic heterocycles. The molecule has 9 heteroatoms. The van der Waals surface area contributed by atoms with Crippen molar-refractivity contribution in [3.05, 3.63) is 65.3 Å². The van der Waals surface area contributed by atoms with Crippen LogP contribution in [0.1, 0.15) is 29.6 Å². The zero-order chi connectivity index (χ0) is 25.4. The number of aromatic amines is 1. The van der Waals surface area contributed by atoms with Crippen LogP contribution in [0.2, 0.25) is 0 Å². The average molecular weight is 490 g/mol. The van der Waals surface area contributed by atoms with Crippen LogP contribution in [0.3, 0.4) is 0 Å². The van der Waals surface area contributed by atoms with E-state index >= 15 is 0 Å². The summed E-state index contributed by atoms with van der Waals surface area (Å²) >= 11 is 0. The molecule has 36 heavy (non-hydrogen) atoms. The Bertz CT molecular complexity index is 1400. The lowest BCUT2D eigenvalue weighted by molar-refractivity contribution is -0.123. The smallest absolute Gasteiger partial charge is 0.167 e. The first kappa shape index (κ1) is 24.3. The quantitative estimate of drug-likeness (QED) is 0.430. The van der Waals surface area contributed by atoms with Crippen molar-refractivity contribution in [2.24, 2.45) is 7.05 Å². The number of para-hydroxylation sites is 1. The number of carbonyl (C=O) groups is 1. The highest BCUT2D eigenvalue weighted by Crippen LogP contribution is 2.31. The molecule has 0 radical (unpaired) electrons. The first-order valence-corrected chi connectivity index (χ1v) is 12.4. The molecule has 0 saturated carbocycles. The van der Waals surface area contributed by atoms with Gasteiger partial charge in [-0.1, -0.05) is 18.2 Å². The Balaban J connectivity index is 1.40. The Labute approximate surface area is 210 Å². The highest BCUT2D eigenvalue weighted by molar-refractivity contribution is 5.98. The minimum absolute atomic E-state index is 0.138.